The van der Waals surface area contributed by atoms with Crippen molar-refractivity contribution >= 4 is 31.6 Å². The third kappa shape index (κ3) is 3.75. The second kappa shape index (κ2) is 7.73. The Labute approximate surface area is 157 Å². The lowest BCUT2D eigenvalue weighted by Crippen LogP contribution is -2.28. The Morgan fingerprint density at radius 1 is 1.12 bits per heavy atom. The number of hydrogen-bond acceptors (Lipinski definition) is 4. The van der Waals surface area contributed by atoms with Gasteiger partial charge in [-0.25, -0.2) is 13.1 Å². The van der Waals surface area contributed by atoms with E-state index in [0.29, 0.717) is 17.7 Å². The predicted octanol–water partition coefficient (Wildman–Crippen LogP) is 3.90. The van der Waals surface area contributed by atoms with Crippen LogP contribution in [0.4, 0.5) is 0 Å². The molecule has 1 atom stereocenters. The zero-order chi connectivity index (χ0) is 18.7. The lowest BCUT2D eigenvalue weighted by molar-refractivity contribution is 0.550. The Hall–Kier alpha value is -1.96. The fraction of sp³-hybridized carbons (Fsp3) is 0.316. The highest BCUT2D eigenvalue weighted by molar-refractivity contribution is 7.89. The first-order valence-electron chi connectivity index (χ1n) is 8.67. The molecule has 0 aliphatic heterocycles. The van der Waals surface area contributed by atoms with E-state index in [2.05, 4.69) is 4.72 Å². The number of nitrogens with zero attached hydrogens (tertiary/aromatic N) is 1. The van der Waals surface area contributed by atoms with Gasteiger partial charge in [0.15, 0.2) is 0 Å². The number of rotatable bonds is 7. The van der Waals surface area contributed by atoms with Crippen LogP contribution in [-0.4, -0.2) is 13.0 Å². The summed E-state index contributed by atoms with van der Waals surface area (Å²) in [5.41, 5.74) is 1.72. The Morgan fingerprint density at radius 3 is 2.50 bits per heavy atom. The Kier molecular flexibility index (Phi) is 5.60. The molecule has 3 aromatic rings. The molecular weight excluding hydrogens is 368 g/mol. The number of aromatic nitrogens is 1. The number of sulfonamides is 1. The van der Waals surface area contributed by atoms with E-state index in [9.17, 15) is 13.2 Å². The van der Waals surface area contributed by atoms with Gasteiger partial charge in [0.25, 0.3) is 0 Å². The van der Waals surface area contributed by atoms with E-state index in [1.54, 1.807) is 22.8 Å². The van der Waals surface area contributed by atoms with E-state index in [-0.39, 0.29) is 15.8 Å². The molecule has 0 fully saturated rings. The molecule has 0 saturated carbocycles. The summed E-state index contributed by atoms with van der Waals surface area (Å²) in [5.74, 6) is 0. The molecule has 2 aromatic carbocycles. The SMILES string of the molecule is CCCn1c(=O)sc2cc(S(=O)(=O)N[C@@H](CC)c3ccccc3)ccc21. The summed E-state index contributed by atoms with van der Waals surface area (Å²) in [6.45, 7) is 4.59. The lowest BCUT2D eigenvalue weighted by Gasteiger charge is -2.17. The van der Waals surface area contributed by atoms with Gasteiger partial charge in [-0.1, -0.05) is 55.5 Å². The number of aryl methyl sites for hydroxylation is 1. The molecule has 0 saturated heterocycles. The van der Waals surface area contributed by atoms with Gasteiger partial charge in [-0.15, -0.1) is 0 Å². The third-order valence-corrected chi connectivity index (χ3v) is 6.72. The quantitative estimate of drug-likeness (QED) is 0.665. The van der Waals surface area contributed by atoms with E-state index >= 15 is 0 Å². The zero-order valence-corrected chi connectivity index (χ0v) is 16.4. The monoisotopic (exact) mass is 390 g/mol. The van der Waals surface area contributed by atoms with Gasteiger partial charge in [0.2, 0.25) is 10.0 Å². The van der Waals surface area contributed by atoms with Crippen LogP contribution in [0.5, 0.6) is 0 Å². The number of nitrogens with one attached hydrogen (secondary N) is 1. The highest BCUT2D eigenvalue weighted by Gasteiger charge is 2.21. The molecule has 0 aliphatic carbocycles. The number of hydrogen-bond donors (Lipinski definition) is 1. The molecule has 0 spiro atoms. The van der Waals surface area contributed by atoms with Gasteiger partial charge in [0.1, 0.15) is 0 Å². The second-order valence-corrected chi connectivity index (χ2v) is 8.85. The average molecular weight is 391 g/mol. The van der Waals surface area contributed by atoms with Gasteiger partial charge < -0.3 is 0 Å². The fourth-order valence-corrected chi connectivity index (χ4v) is 5.34. The Morgan fingerprint density at radius 2 is 1.85 bits per heavy atom. The Balaban J connectivity index is 1.95. The molecule has 0 aliphatic rings. The van der Waals surface area contributed by atoms with Crippen LogP contribution in [0.2, 0.25) is 0 Å². The molecule has 1 heterocycles. The van der Waals surface area contributed by atoms with Crippen molar-refractivity contribution in [2.75, 3.05) is 0 Å². The second-order valence-electron chi connectivity index (χ2n) is 6.14. The van der Waals surface area contributed by atoms with E-state index in [1.165, 1.54) is 0 Å². The maximum Gasteiger partial charge on any atom is 0.308 e. The maximum absolute atomic E-state index is 12.8. The van der Waals surface area contributed by atoms with E-state index in [1.807, 2.05) is 44.2 Å². The van der Waals surface area contributed by atoms with Crippen molar-refractivity contribution in [3.8, 4) is 0 Å². The maximum atomic E-state index is 12.8. The molecule has 1 aromatic heterocycles. The zero-order valence-electron chi connectivity index (χ0n) is 14.8. The normalized spacial score (nSPS) is 13.2. The van der Waals surface area contributed by atoms with Crippen molar-refractivity contribution in [2.45, 2.75) is 44.2 Å². The van der Waals surface area contributed by atoms with Gasteiger partial charge in [-0.2, -0.15) is 0 Å². The molecule has 0 amide bonds. The highest BCUT2D eigenvalue weighted by atomic mass is 32.2. The molecule has 138 valence electrons. The molecule has 0 unspecified atom stereocenters. The van der Waals surface area contributed by atoms with Crippen molar-refractivity contribution < 1.29 is 8.42 Å². The van der Waals surface area contributed by atoms with Gasteiger partial charge in [0, 0.05) is 12.6 Å². The smallest absolute Gasteiger partial charge is 0.299 e. The summed E-state index contributed by atoms with van der Waals surface area (Å²) < 4.78 is 30.9. The molecule has 0 bridgehead atoms. The number of fused-ring (bicyclic) bond motifs is 1. The van der Waals surface area contributed by atoms with Crippen molar-refractivity contribution in [3.63, 3.8) is 0 Å². The van der Waals surface area contributed by atoms with E-state index in [4.69, 9.17) is 0 Å². The van der Waals surface area contributed by atoms with Crippen LogP contribution in [0.3, 0.4) is 0 Å². The van der Waals surface area contributed by atoms with Gasteiger partial charge in [-0.3, -0.25) is 9.36 Å². The van der Waals surface area contributed by atoms with Gasteiger partial charge in [-0.05, 0) is 36.6 Å². The summed E-state index contributed by atoms with van der Waals surface area (Å²) in [7, 11) is -3.68. The highest BCUT2D eigenvalue weighted by Crippen LogP contribution is 2.24. The molecule has 26 heavy (non-hydrogen) atoms. The first-order valence-corrected chi connectivity index (χ1v) is 11.0. The van der Waals surface area contributed by atoms with E-state index in [0.717, 1.165) is 28.8 Å². The molecule has 1 N–H and O–H groups in total. The van der Waals surface area contributed by atoms with Crippen LogP contribution in [0.1, 0.15) is 38.3 Å². The number of thiazole rings is 1. The van der Waals surface area contributed by atoms with Crippen molar-refractivity contribution in [1.29, 1.82) is 0 Å². The fourth-order valence-electron chi connectivity index (χ4n) is 2.98. The largest absolute Gasteiger partial charge is 0.308 e. The van der Waals surface area contributed by atoms with Crippen LogP contribution in [-0.2, 0) is 16.6 Å². The summed E-state index contributed by atoms with van der Waals surface area (Å²) in [6.07, 6.45) is 1.49. The summed E-state index contributed by atoms with van der Waals surface area (Å²) in [4.78, 5) is 12.2. The molecular formula is C19H22N2O3S2. The van der Waals surface area contributed by atoms with Crippen LogP contribution in [0, 0.1) is 0 Å². The van der Waals surface area contributed by atoms with Crippen LogP contribution >= 0.6 is 11.3 Å². The summed E-state index contributed by atoms with van der Waals surface area (Å²) >= 11 is 1.09. The molecule has 3 rings (SSSR count). The summed E-state index contributed by atoms with van der Waals surface area (Å²) in [6, 6.07) is 14.1. The standard InChI is InChI=1S/C19H22N2O3S2/c1-3-12-21-17-11-10-15(13-18(17)25-19(21)22)26(23,24)20-16(4-2)14-8-6-5-7-9-14/h5-11,13,16,20H,3-4,12H2,1-2H3/t16-/m0/s1. The van der Waals surface area contributed by atoms with Crippen LogP contribution < -0.4 is 9.60 Å². The topological polar surface area (TPSA) is 68.2 Å². The van der Waals surface area contributed by atoms with Gasteiger partial charge >= 0.3 is 4.87 Å². The minimum atomic E-state index is -3.68. The van der Waals surface area contributed by atoms with Crippen LogP contribution in [0.25, 0.3) is 10.2 Å². The van der Waals surface area contributed by atoms with E-state index < -0.39 is 10.0 Å². The summed E-state index contributed by atoms with van der Waals surface area (Å²) in [5, 5.41) is 0. The minimum Gasteiger partial charge on any atom is -0.299 e. The minimum absolute atomic E-state index is 0.0555. The third-order valence-electron chi connectivity index (χ3n) is 4.30. The van der Waals surface area contributed by atoms with Crippen molar-refractivity contribution in [3.05, 3.63) is 63.8 Å². The number of benzene rings is 2. The first-order chi connectivity index (χ1) is 12.5. The van der Waals surface area contributed by atoms with Gasteiger partial charge in [0.05, 0.1) is 15.1 Å². The van der Waals surface area contributed by atoms with Crippen LogP contribution in [0.15, 0.2) is 58.2 Å². The predicted molar refractivity (Wildman–Crippen MR) is 106 cm³/mol. The molecule has 7 heteroatoms. The van der Waals surface area contributed by atoms with Crippen molar-refractivity contribution in [1.82, 2.24) is 9.29 Å². The van der Waals surface area contributed by atoms with Crippen molar-refractivity contribution in [2.24, 2.45) is 0 Å². The lowest BCUT2D eigenvalue weighted by atomic mass is 10.1. The first kappa shape index (κ1) is 18.8. The molecule has 0 radical (unpaired) electrons. The Bertz CT molecular complexity index is 1050. The molecule has 5 nitrogen and oxygen atoms in total. The average Bonchev–Trinajstić information content (AvgIpc) is 2.95.